The summed E-state index contributed by atoms with van der Waals surface area (Å²) in [7, 11) is 1.84. The zero-order valence-electron chi connectivity index (χ0n) is 11.1. The fourth-order valence-corrected chi connectivity index (χ4v) is 1.96. The van der Waals surface area contributed by atoms with Crippen molar-refractivity contribution in [3.63, 3.8) is 0 Å². The van der Waals surface area contributed by atoms with Crippen molar-refractivity contribution in [1.82, 2.24) is 4.90 Å². The van der Waals surface area contributed by atoms with Crippen LogP contribution in [0.4, 0.5) is 11.4 Å². The van der Waals surface area contributed by atoms with E-state index in [0.717, 1.165) is 5.76 Å². The largest absolute Gasteiger partial charge is 0.468 e. The van der Waals surface area contributed by atoms with Gasteiger partial charge < -0.3 is 15.5 Å². The van der Waals surface area contributed by atoms with Crippen LogP contribution in [0.3, 0.4) is 0 Å². The number of nitrogens with zero attached hydrogens (tertiary/aromatic N) is 1. The molecule has 1 aromatic carbocycles. The van der Waals surface area contributed by atoms with Gasteiger partial charge in [0.05, 0.1) is 30.1 Å². The molecule has 106 valence electrons. The van der Waals surface area contributed by atoms with Gasteiger partial charge in [0.25, 0.3) is 0 Å². The molecule has 5 nitrogen and oxygen atoms in total. The van der Waals surface area contributed by atoms with E-state index in [2.05, 4.69) is 5.32 Å². The van der Waals surface area contributed by atoms with Crippen molar-refractivity contribution in [3.8, 4) is 0 Å². The number of halogens is 1. The van der Waals surface area contributed by atoms with Gasteiger partial charge in [0.2, 0.25) is 5.91 Å². The maximum absolute atomic E-state index is 11.9. The summed E-state index contributed by atoms with van der Waals surface area (Å²) in [6.45, 7) is 0.789. The molecule has 0 fully saturated rings. The molecular formula is C14H16ClN3O2. The van der Waals surface area contributed by atoms with Crippen LogP contribution in [0.25, 0.3) is 0 Å². The van der Waals surface area contributed by atoms with Gasteiger partial charge in [-0.1, -0.05) is 11.6 Å². The third-order valence-electron chi connectivity index (χ3n) is 2.68. The highest BCUT2D eigenvalue weighted by Gasteiger charge is 2.10. The quantitative estimate of drug-likeness (QED) is 0.831. The van der Waals surface area contributed by atoms with E-state index in [-0.39, 0.29) is 12.5 Å². The average Bonchev–Trinajstić information content (AvgIpc) is 2.86. The SMILES string of the molecule is CN(CC(=O)Nc1cc(N)ccc1Cl)Cc1ccco1. The van der Waals surface area contributed by atoms with Crippen LogP contribution >= 0.6 is 11.6 Å². The summed E-state index contributed by atoms with van der Waals surface area (Å²) in [6, 6.07) is 8.64. The Bertz CT molecular complexity index is 584. The minimum atomic E-state index is -0.161. The number of carbonyl (C=O) groups excluding carboxylic acids is 1. The molecule has 0 aliphatic rings. The second-order valence-electron chi connectivity index (χ2n) is 4.54. The van der Waals surface area contributed by atoms with Gasteiger partial charge in [-0.15, -0.1) is 0 Å². The zero-order chi connectivity index (χ0) is 14.5. The van der Waals surface area contributed by atoms with Crippen molar-refractivity contribution in [2.45, 2.75) is 6.54 Å². The maximum Gasteiger partial charge on any atom is 0.238 e. The van der Waals surface area contributed by atoms with Gasteiger partial charge in [-0.2, -0.15) is 0 Å². The van der Waals surface area contributed by atoms with Crippen LogP contribution in [0.5, 0.6) is 0 Å². The Hall–Kier alpha value is -1.98. The molecule has 0 saturated heterocycles. The van der Waals surface area contributed by atoms with Crippen LogP contribution in [0.2, 0.25) is 5.02 Å². The first-order valence-corrected chi connectivity index (χ1v) is 6.48. The predicted octanol–water partition coefficient (Wildman–Crippen LogP) is 2.59. The Morgan fingerprint density at radius 2 is 2.25 bits per heavy atom. The van der Waals surface area contributed by atoms with Gasteiger partial charge >= 0.3 is 0 Å². The van der Waals surface area contributed by atoms with Crippen molar-refractivity contribution in [2.24, 2.45) is 0 Å². The number of furan rings is 1. The van der Waals surface area contributed by atoms with E-state index in [4.69, 9.17) is 21.8 Å². The topological polar surface area (TPSA) is 71.5 Å². The molecule has 0 aliphatic carbocycles. The average molecular weight is 294 g/mol. The number of likely N-dealkylation sites (N-methyl/N-ethyl adjacent to an activating group) is 1. The van der Waals surface area contributed by atoms with Gasteiger partial charge in [-0.05, 0) is 37.4 Å². The number of anilines is 2. The number of rotatable bonds is 5. The number of nitrogen functional groups attached to an aromatic ring is 1. The van der Waals surface area contributed by atoms with E-state index in [1.54, 1.807) is 24.5 Å². The number of nitrogens with two attached hydrogens (primary N) is 1. The van der Waals surface area contributed by atoms with Crippen molar-refractivity contribution in [2.75, 3.05) is 24.6 Å². The molecular weight excluding hydrogens is 278 g/mol. The van der Waals surface area contributed by atoms with E-state index in [0.29, 0.717) is 22.9 Å². The lowest BCUT2D eigenvalue weighted by Crippen LogP contribution is -2.29. The third-order valence-corrected chi connectivity index (χ3v) is 3.01. The molecule has 0 atom stereocenters. The monoisotopic (exact) mass is 293 g/mol. The number of amides is 1. The lowest BCUT2D eigenvalue weighted by Gasteiger charge is -2.15. The molecule has 2 aromatic rings. The number of hydrogen-bond donors (Lipinski definition) is 2. The van der Waals surface area contributed by atoms with Crippen LogP contribution in [0.15, 0.2) is 41.0 Å². The highest BCUT2D eigenvalue weighted by Crippen LogP contribution is 2.23. The van der Waals surface area contributed by atoms with Crippen molar-refractivity contribution < 1.29 is 9.21 Å². The van der Waals surface area contributed by atoms with Crippen LogP contribution < -0.4 is 11.1 Å². The molecule has 0 unspecified atom stereocenters. The second-order valence-corrected chi connectivity index (χ2v) is 4.95. The molecule has 0 spiro atoms. The van der Waals surface area contributed by atoms with Crippen molar-refractivity contribution in [3.05, 3.63) is 47.4 Å². The number of hydrogen-bond acceptors (Lipinski definition) is 4. The summed E-state index contributed by atoms with van der Waals surface area (Å²) in [4.78, 5) is 13.8. The van der Waals surface area contributed by atoms with E-state index in [1.807, 2.05) is 24.1 Å². The summed E-state index contributed by atoms with van der Waals surface area (Å²) >= 11 is 5.99. The minimum Gasteiger partial charge on any atom is -0.468 e. The fraction of sp³-hybridized carbons (Fsp3) is 0.214. The molecule has 0 aliphatic heterocycles. The third kappa shape index (κ3) is 4.01. The summed E-state index contributed by atoms with van der Waals surface area (Å²) in [5.41, 5.74) is 6.73. The molecule has 0 radical (unpaired) electrons. The molecule has 0 bridgehead atoms. The Morgan fingerprint density at radius 3 is 2.95 bits per heavy atom. The highest BCUT2D eigenvalue weighted by molar-refractivity contribution is 6.33. The Balaban J connectivity index is 1.90. The number of benzene rings is 1. The van der Waals surface area contributed by atoms with Crippen LogP contribution in [-0.4, -0.2) is 24.4 Å². The van der Waals surface area contributed by atoms with Gasteiger partial charge in [0, 0.05) is 5.69 Å². The van der Waals surface area contributed by atoms with Crippen LogP contribution in [0, 0.1) is 0 Å². The van der Waals surface area contributed by atoms with Gasteiger partial charge in [0.1, 0.15) is 5.76 Å². The highest BCUT2D eigenvalue weighted by atomic mass is 35.5. The van der Waals surface area contributed by atoms with Crippen LogP contribution in [-0.2, 0) is 11.3 Å². The Morgan fingerprint density at radius 1 is 1.45 bits per heavy atom. The summed E-state index contributed by atoms with van der Waals surface area (Å²) in [5, 5.41) is 3.20. The molecule has 2 rings (SSSR count). The first-order chi connectivity index (χ1) is 9.54. The lowest BCUT2D eigenvalue weighted by atomic mass is 10.3. The van der Waals surface area contributed by atoms with Crippen molar-refractivity contribution >= 4 is 28.9 Å². The summed E-state index contributed by atoms with van der Waals surface area (Å²) in [6.07, 6.45) is 1.61. The van der Waals surface area contributed by atoms with Gasteiger partial charge in [0.15, 0.2) is 0 Å². The number of carbonyl (C=O) groups is 1. The molecule has 6 heteroatoms. The van der Waals surface area contributed by atoms with Crippen molar-refractivity contribution in [1.29, 1.82) is 0 Å². The Labute approximate surface area is 122 Å². The molecule has 1 aromatic heterocycles. The normalized spacial score (nSPS) is 10.8. The lowest BCUT2D eigenvalue weighted by molar-refractivity contribution is -0.117. The second kappa shape index (κ2) is 6.45. The van der Waals surface area contributed by atoms with E-state index >= 15 is 0 Å². The fourth-order valence-electron chi connectivity index (χ4n) is 1.80. The first-order valence-electron chi connectivity index (χ1n) is 6.10. The standard InChI is InChI=1S/C14H16ClN3O2/c1-18(8-11-3-2-6-20-11)9-14(19)17-13-7-10(16)4-5-12(13)15/h2-7H,8-9,16H2,1H3,(H,17,19). The molecule has 1 heterocycles. The molecule has 3 N–H and O–H groups in total. The molecule has 1 amide bonds. The summed E-state index contributed by atoms with van der Waals surface area (Å²) < 4.78 is 5.23. The first kappa shape index (κ1) is 14.4. The van der Waals surface area contributed by atoms with Gasteiger partial charge in [-0.3, -0.25) is 9.69 Å². The zero-order valence-corrected chi connectivity index (χ0v) is 11.9. The number of nitrogens with one attached hydrogen (secondary N) is 1. The smallest absolute Gasteiger partial charge is 0.238 e. The van der Waals surface area contributed by atoms with E-state index in [9.17, 15) is 4.79 Å². The summed E-state index contributed by atoms with van der Waals surface area (Å²) in [5.74, 6) is 0.647. The van der Waals surface area contributed by atoms with Gasteiger partial charge in [-0.25, -0.2) is 0 Å². The molecule has 20 heavy (non-hydrogen) atoms. The Kier molecular flexibility index (Phi) is 4.65. The maximum atomic E-state index is 11.9. The van der Waals surface area contributed by atoms with Crippen LogP contribution in [0.1, 0.15) is 5.76 Å². The predicted molar refractivity (Wildman–Crippen MR) is 79.5 cm³/mol. The molecule has 0 saturated carbocycles. The van der Waals surface area contributed by atoms with E-state index < -0.39 is 0 Å². The minimum absolute atomic E-state index is 0.161. The van der Waals surface area contributed by atoms with E-state index in [1.165, 1.54) is 0 Å².